The van der Waals surface area contributed by atoms with Crippen LogP contribution < -0.4 is 10.6 Å². The molecule has 12 heteroatoms. The molecule has 250 valence electrons. The Hall–Kier alpha value is -4.52. The highest BCUT2D eigenvalue weighted by Crippen LogP contribution is 2.19. The zero-order valence-electron chi connectivity index (χ0n) is 26.7. The molecule has 0 unspecified atom stereocenters. The van der Waals surface area contributed by atoms with Crippen LogP contribution >= 0.6 is 0 Å². The summed E-state index contributed by atoms with van der Waals surface area (Å²) >= 11 is 0. The highest BCUT2D eigenvalue weighted by atomic mass is 32.2. The summed E-state index contributed by atoms with van der Waals surface area (Å²) in [5.74, 6) is -0.361. The van der Waals surface area contributed by atoms with Crippen LogP contribution in [0.5, 0.6) is 0 Å². The van der Waals surface area contributed by atoms with Gasteiger partial charge < -0.3 is 25.5 Å². The van der Waals surface area contributed by atoms with Crippen LogP contribution in [0.3, 0.4) is 0 Å². The highest BCUT2D eigenvalue weighted by molar-refractivity contribution is 7.89. The van der Waals surface area contributed by atoms with Crippen molar-refractivity contribution in [3.8, 4) is 0 Å². The summed E-state index contributed by atoms with van der Waals surface area (Å²) in [5.41, 5.74) is 2.15. The molecule has 3 atom stereocenters. The number of amides is 2. The number of H-pyrrole nitrogens is 1. The lowest BCUT2D eigenvalue weighted by atomic mass is 10.00. The predicted octanol–water partition coefficient (Wildman–Crippen LogP) is 4.07. The Morgan fingerprint density at radius 1 is 0.894 bits per heavy atom. The van der Waals surface area contributed by atoms with E-state index in [1.54, 1.807) is 24.4 Å². The second kappa shape index (κ2) is 17.4. The number of imidazole rings is 1. The number of hydrogen-bond acceptors (Lipinski definition) is 7. The molecule has 3 aromatic carbocycles. The number of ether oxygens (including phenoxy) is 1. The summed E-state index contributed by atoms with van der Waals surface area (Å²) in [6.07, 6.45) is 1.85. The number of aromatic amines is 1. The number of hydrogen-bond donors (Lipinski definition) is 4. The number of carbonyl (C=O) groups is 2. The molecule has 0 bridgehead atoms. The van der Waals surface area contributed by atoms with Gasteiger partial charge in [0.1, 0.15) is 12.6 Å². The van der Waals surface area contributed by atoms with Crippen LogP contribution in [-0.4, -0.2) is 71.1 Å². The third-order valence-corrected chi connectivity index (χ3v) is 9.49. The second-order valence-corrected chi connectivity index (χ2v) is 13.7. The largest absolute Gasteiger partial charge is 0.445 e. The van der Waals surface area contributed by atoms with Gasteiger partial charge in [0, 0.05) is 25.7 Å². The first-order valence-electron chi connectivity index (χ1n) is 15.6. The van der Waals surface area contributed by atoms with Gasteiger partial charge in [-0.2, -0.15) is 4.31 Å². The van der Waals surface area contributed by atoms with Gasteiger partial charge in [0.2, 0.25) is 15.9 Å². The van der Waals surface area contributed by atoms with E-state index >= 15 is 0 Å². The van der Waals surface area contributed by atoms with Crippen LogP contribution in [0.25, 0.3) is 0 Å². The van der Waals surface area contributed by atoms with Crippen molar-refractivity contribution < 1.29 is 27.9 Å². The molecule has 4 rings (SSSR count). The maximum Gasteiger partial charge on any atom is 0.408 e. The van der Waals surface area contributed by atoms with Crippen LogP contribution in [0.15, 0.2) is 108 Å². The number of aliphatic hydroxyl groups is 1. The summed E-state index contributed by atoms with van der Waals surface area (Å²) in [6.45, 7) is 3.95. The number of nitrogens with zero attached hydrogens (tertiary/aromatic N) is 2. The molecule has 4 N–H and O–H groups in total. The Morgan fingerprint density at radius 3 is 2.11 bits per heavy atom. The van der Waals surface area contributed by atoms with E-state index in [-0.39, 0.29) is 43.4 Å². The van der Waals surface area contributed by atoms with Crippen LogP contribution in [-0.2, 0) is 39.0 Å². The molecule has 0 aliphatic heterocycles. The summed E-state index contributed by atoms with van der Waals surface area (Å²) < 4.78 is 34.1. The van der Waals surface area contributed by atoms with E-state index in [4.69, 9.17) is 4.74 Å². The molecule has 0 aliphatic rings. The van der Waals surface area contributed by atoms with E-state index in [0.29, 0.717) is 12.1 Å². The molecule has 2 amide bonds. The Morgan fingerprint density at radius 2 is 1.51 bits per heavy atom. The van der Waals surface area contributed by atoms with Gasteiger partial charge in [0.05, 0.1) is 29.1 Å². The van der Waals surface area contributed by atoms with Crippen molar-refractivity contribution in [2.45, 2.75) is 62.8 Å². The van der Waals surface area contributed by atoms with Crippen LogP contribution in [0.1, 0.15) is 37.1 Å². The van der Waals surface area contributed by atoms with Crippen molar-refractivity contribution in [3.63, 3.8) is 0 Å². The van der Waals surface area contributed by atoms with Crippen molar-refractivity contribution in [2.75, 3.05) is 13.1 Å². The summed E-state index contributed by atoms with van der Waals surface area (Å²) in [7, 11) is -3.95. The van der Waals surface area contributed by atoms with E-state index in [1.165, 1.54) is 22.8 Å². The van der Waals surface area contributed by atoms with E-state index in [1.807, 2.05) is 74.5 Å². The van der Waals surface area contributed by atoms with Crippen LogP contribution in [0, 0.1) is 5.92 Å². The molecular formula is C35H43N5O6S. The maximum atomic E-state index is 13.8. The molecule has 0 aliphatic carbocycles. The van der Waals surface area contributed by atoms with Gasteiger partial charge in [0.25, 0.3) is 0 Å². The standard InChI is InChI=1S/C35H43N5O6S/c1-26(2)18-19-40(47(44,45)30-16-10-5-11-17-30)23-33(41)31(20-27-12-6-3-7-13-27)38-34(42)32(21-29-22-36-25-37-29)39-35(43)46-24-28-14-8-4-9-15-28/h3-17,22,25-26,31-33,41H,18-21,23-24H2,1-2H3,(H,36,37)(H,38,42)(H,39,43)/t31-,32-,33+/m0/s1. The molecule has 11 nitrogen and oxygen atoms in total. The first-order valence-corrected chi connectivity index (χ1v) is 17.1. The van der Waals surface area contributed by atoms with Gasteiger partial charge in [0.15, 0.2) is 0 Å². The molecule has 0 saturated carbocycles. The fraction of sp³-hybridized carbons (Fsp3) is 0.343. The molecule has 1 aromatic heterocycles. The molecule has 4 aromatic rings. The minimum atomic E-state index is -3.95. The molecule has 0 saturated heterocycles. The lowest BCUT2D eigenvalue weighted by Gasteiger charge is -2.31. The first kappa shape index (κ1) is 35.3. The zero-order valence-corrected chi connectivity index (χ0v) is 27.5. The molecule has 47 heavy (non-hydrogen) atoms. The van der Waals surface area contributed by atoms with Crippen molar-refractivity contribution in [2.24, 2.45) is 5.92 Å². The number of alkyl carbamates (subject to hydrolysis) is 1. The molecule has 0 spiro atoms. The quantitative estimate of drug-likeness (QED) is 0.133. The van der Waals surface area contributed by atoms with Crippen molar-refractivity contribution in [1.82, 2.24) is 24.9 Å². The minimum Gasteiger partial charge on any atom is -0.445 e. The lowest BCUT2D eigenvalue weighted by molar-refractivity contribution is -0.124. The number of benzene rings is 3. The third-order valence-electron chi connectivity index (χ3n) is 7.61. The third kappa shape index (κ3) is 11.1. The van der Waals surface area contributed by atoms with Crippen molar-refractivity contribution in [3.05, 3.63) is 120 Å². The zero-order chi connectivity index (χ0) is 33.6. The second-order valence-electron chi connectivity index (χ2n) is 11.8. The summed E-state index contributed by atoms with van der Waals surface area (Å²) in [4.78, 5) is 33.8. The topological polar surface area (TPSA) is 154 Å². The van der Waals surface area contributed by atoms with Gasteiger partial charge in [-0.05, 0) is 42.0 Å². The predicted molar refractivity (Wildman–Crippen MR) is 179 cm³/mol. The number of aliphatic hydroxyl groups excluding tert-OH is 1. The number of aromatic nitrogens is 2. The SMILES string of the molecule is CC(C)CCN(C[C@@H](O)[C@H](Cc1ccccc1)NC(=O)[C@H](Cc1c[nH]cn1)NC(=O)OCc1ccccc1)S(=O)(=O)c1ccccc1. The lowest BCUT2D eigenvalue weighted by Crippen LogP contribution is -2.56. The fourth-order valence-corrected chi connectivity index (χ4v) is 6.45. The minimum absolute atomic E-state index is 0.0147. The number of nitrogens with one attached hydrogen (secondary N) is 3. The van der Waals surface area contributed by atoms with E-state index < -0.39 is 40.2 Å². The van der Waals surface area contributed by atoms with Gasteiger partial charge >= 0.3 is 6.09 Å². The Balaban J connectivity index is 1.55. The average Bonchev–Trinajstić information content (AvgIpc) is 3.59. The molecule has 0 fully saturated rings. The summed E-state index contributed by atoms with van der Waals surface area (Å²) in [5, 5.41) is 17.2. The van der Waals surface area contributed by atoms with Crippen molar-refractivity contribution in [1.29, 1.82) is 0 Å². The summed E-state index contributed by atoms with van der Waals surface area (Å²) in [6, 6.07) is 24.5. The van der Waals surface area contributed by atoms with Gasteiger partial charge in [-0.1, -0.05) is 92.7 Å². The van der Waals surface area contributed by atoms with Crippen LogP contribution in [0.2, 0.25) is 0 Å². The van der Waals surface area contributed by atoms with Gasteiger partial charge in [-0.15, -0.1) is 0 Å². The maximum absolute atomic E-state index is 13.8. The normalized spacial score (nSPS) is 13.6. The number of sulfonamides is 1. The number of rotatable bonds is 17. The Kier molecular flexibility index (Phi) is 13.1. The monoisotopic (exact) mass is 661 g/mol. The van der Waals surface area contributed by atoms with Crippen LogP contribution in [0.4, 0.5) is 4.79 Å². The first-order chi connectivity index (χ1) is 22.6. The molecule has 0 radical (unpaired) electrons. The Labute approximate surface area is 276 Å². The van der Waals surface area contributed by atoms with Gasteiger partial charge in [-0.25, -0.2) is 18.2 Å². The Bertz CT molecular complexity index is 1620. The van der Waals surface area contributed by atoms with E-state index in [0.717, 1.165) is 11.1 Å². The van der Waals surface area contributed by atoms with E-state index in [9.17, 15) is 23.1 Å². The highest BCUT2D eigenvalue weighted by Gasteiger charge is 2.33. The average molecular weight is 662 g/mol. The molecule has 1 heterocycles. The number of carbonyl (C=O) groups excluding carboxylic acids is 2. The smallest absolute Gasteiger partial charge is 0.408 e. The van der Waals surface area contributed by atoms with E-state index in [2.05, 4.69) is 20.6 Å². The molecular weight excluding hydrogens is 618 g/mol. The van der Waals surface area contributed by atoms with Gasteiger partial charge in [-0.3, -0.25) is 4.79 Å². The fourth-order valence-electron chi connectivity index (χ4n) is 4.95. The van der Waals surface area contributed by atoms with Crippen molar-refractivity contribution >= 4 is 22.0 Å².